The van der Waals surface area contributed by atoms with Gasteiger partial charge in [-0.1, -0.05) is 87.8 Å². The van der Waals surface area contributed by atoms with Gasteiger partial charge in [0.15, 0.2) is 0 Å². The molecule has 0 radical (unpaired) electrons. The molecule has 1 aliphatic rings. The Morgan fingerprint density at radius 1 is 0.720 bits per heavy atom. The first-order valence-corrected chi connectivity index (χ1v) is 9.50. The van der Waals surface area contributed by atoms with E-state index in [4.69, 9.17) is 11.6 Å². The van der Waals surface area contributed by atoms with Gasteiger partial charge in [0.2, 0.25) is 0 Å². The van der Waals surface area contributed by atoms with Crippen molar-refractivity contribution in [1.29, 1.82) is 0 Å². The van der Waals surface area contributed by atoms with Crippen LogP contribution in [0.2, 0.25) is 5.02 Å². The normalized spacial score (nSPS) is 18.1. The summed E-state index contributed by atoms with van der Waals surface area (Å²) in [6.45, 7) is 9.51. The fraction of sp³-hybridized carbons (Fsp3) is 0.333. The Morgan fingerprint density at radius 2 is 1.36 bits per heavy atom. The van der Waals surface area contributed by atoms with Crippen molar-refractivity contribution in [2.24, 2.45) is 0 Å². The van der Waals surface area contributed by atoms with Gasteiger partial charge in [-0.2, -0.15) is 0 Å². The predicted octanol–water partition coefficient (Wildman–Crippen LogP) is 7.51. The quantitative estimate of drug-likeness (QED) is 0.426. The molecule has 0 bridgehead atoms. The highest BCUT2D eigenvalue weighted by Crippen LogP contribution is 2.47. The largest absolute Gasteiger partial charge is 0.0837 e. The van der Waals surface area contributed by atoms with E-state index in [1.54, 1.807) is 0 Å². The van der Waals surface area contributed by atoms with Crippen molar-refractivity contribution < 1.29 is 0 Å². The van der Waals surface area contributed by atoms with E-state index in [-0.39, 0.29) is 10.8 Å². The average Bonchev–Trinajstić information content (AvgIpc) is 2.59. The van der Waals surface area contributed by atoms with Gasteiger partial charge in [-0.15, -0.1) is 0 Å². The third-order valence-electron chi connectivity index (χ3n) is 6.03. The van der Waals surface area contributed by atoms with E-state index in [0.717, 1.165) is 10.4 Å². The van der Waals surface area contributed by atoms with E-state index in [0.29, 0.717) is 0 Å². The van der Waals surface area contributed by atoms with E-state index in [1.807, 2.05) is 6.07 Å². The first-order chi connectivity index (χ1) is 11.8. The molecular weight excluding hydrogens is 324 g/mol. The molecule has 0 atom stereocenters. The minimum Gasteiger partial charge on any atom is -0.0837 e. The molecule has 25 heavy (non-hydrogen) atoms. The molecule has 0 aliphatic heterocycles. The summed E-state index contributed by atoms with van der Waals surface area (Å²) in [5, 5.41) is 3.17. The van der Waals surface area contributed by atoms with E-state index >= 15 is 0 Å². The molecule has 0 saturated heterocycles. The number of halogens is 1. The van der Waals surface area contributed by atoms with Crippen molar-refractivity contribution in [3.05, 3.63) is 70.7 Å². The van der Waals surface area contributed by atoms with Crippen LogP contribution in [0.3, 0.4) is 0 Å². The summed E-state index contributed by atoms with van der Waals surface area (Å²) in [5.74, 6) is 0. The number of fused-ring (bicyclic) bond motifs is 2. The van der Waals surface area contributed by atoms with Gasteiger partial charge in [-0.25, -0.2) is 0 Å². The first-order valence-electron chi connectivity index (χ1n) is 9.12. The van der Waals surface area contributed by atoms with Gasteiger partial charge in [-0.05, 0) is 57.4 Å². The fourth-order valence-electron chi connectivity index (χ4n) is 4.27. The molecule has 0 unspecified atom stereocenters. The van der Waals surface area contributed by atoms with Crippen molar-refractivity contribution in [2.75, 3.05) is 0 Å². The highest BCUT2D eigenvalue weighted by Gasteiger charge is 2.37. The molecule has 0 fully saturated rings. The summed E-state index contributed by atoms with van der Waals surface area (Å²) in [5.41, 5.74) is 6.04. The van der Waals surface area contributed by atoms with Gasteiger partial charge in [0.1, 0.15) is 0 Å². The van der Waals surface area contributed by atoms with Crippen molar-refractivity contribution in [2.45, 2.75) is 51.4 Å². The smallest absolute Gasteiger partial charge is 0.0484 e. The topological polar surface area (TPSA) is 0 Å². The maximum atomic E-state index is 6.41. The third-order valence-corrected chi connectivity index (χ3v) is 6.36. The van der Waals surface area contributed by atoms with Crippen LogP contribution in [0.1, 0.15) is 51.7 Å². The summed E-state index contributed by atoms with van der Waals surface area (Å²) in [6, 6.07) is 19.7. The van der Waals surface area contributed by atoms with E-state index < -0.39 is 0 Å². The minimum atomic E-state index is 0.225. The first kappa shape index (κ1) is 16.7. The number of benzene rings is 3. The Labute approximate surface area is 155 Å². The van der Waals surface area contributed by atoms with E-state index in [1.165, 1.54) is 40.5 Å². The summed E-state index contributed by atoms with van der Waals surface area (Å²) >= 11 is 6.41. The molecule has 1 heteroatoms. The Balaban J connectivity index is 1.96. The molecule has 0 aromatic heterocycles. The summed E-state index contributed by atoms with van der Waals surface area (Å²) < 4.78 is 0. The fourth-order valence-corrected chi connectivity index (χ4v) is 4.50. The van der Waals surface area contributed by atoms with Crippen LogP contribution in [0.4, 0.5) is 0 Å². The van der Waals surface area contributed by atoms with Crippen LogP contribution in [-0.2, 0) is 10.8 Å². The minimum absolute atomic E-state index is 0.225. The lowest BCUT2D eigenvalue weighted by Gasteiger charge is -2.42. The van der Waals surface area contributed by atoms with Gasteiger partial charge in [0, 0.05) is 10.4 Å². The molecule has 0 spiro atoms. The summed E-state index contributed by atoms with van der Waals surface area (Å²) in [4.78, 5) is 0. The Kier molecular flexibility index (Phi) is 3.74. The molecule has 4 rings (SSSR count). The lowest BCUT2D eigenvalue weighted by Crippen LogP contribution is -2.33. The van der Waals surface area contributed by atoms with Crippen LogP contribution in [-0.4, -0.2) is 0 Å². The highest BCUT2D eigenvalue weighted by molar-refractivity contribution is 6.36. The molecule has 3 aromatic carbocycles. The van der Waals surface area contributed by atoms with E-state index in [2.05, 4.69) is 76.2 Å². The summed E-state index contributed by atoms with van der Waals surface area (Å²) in [7, 11) is 0. The van der Waals surface area contributed by atoms with Gasteiger partial charge in [0.05, 0.1) is 0 Å². The molecule has 1 aliphatic carbocycles. The lowest BCUT2D eigenvalue weighted by atomic mass is 9.63. The maximum absolute atomic E-state index is 6.41. The average molecular weight is 349 g/mol. The molecule has 0 N–H and O–H groups in total. The maximum Gasteiger partial charge on any atom is 0.0484 e. The van der Waals surface area contributed by atoms with Crippen molar-refractivity contribution in [1.82, 2.24) is 0 Å². The molecular formula is C24H25Cl. The molecule has 128 valence electrons. The monoisotopic (exact) mass is 348 g/mol. The number of rotatable bonds is 1. The van der Waals surface area contributed by atoms with Crippen LogP contribution in [0.25, 0.3) is 21.9 Å². The molecule has 0 amide bonds. The number of hydrogen-bond donors (Lipinski definition) is 0. The zero-order valence-electron chi connectivity index (χ0n) is 15.5. The lowest BCUT2D eigenvalue weighted by molar-refractivity contribution is 0.332. The van der Waals surface area contributed by atoms with Gasteiger partial charge in [0.25, 0.3) is 0 Å². The standard InChI is InChI=1S/C24H25Cl/c1-23(2)13-14-24(3,4)21-15-16(9-11-20(21)23)17-10-12-22(25)19-8-6-5-7-18(17)19/h5-12,15H,13-14H2,1-4H3. The Bertz CT molecular complexity index is 963. The SMILES string of the molecule is CC1(C)CCC(C)(C)c2cc(-c3ccc(Cl)c4ccccc34)ccc21. The van der Waals surface area contributed by atoms with Crippen LogP contribution < -0.4 is 0 Å². The summed E-state index contributed by atoms with van der Waals surface area (Å²) in [6.07, 6.45) is 2.48. The van der Waals surface area contributed by atoms with Crippen LogP contribution in [0.5, 0.6) is 0 Å². The predicted molar refractivity (Wildman–Crippen MR) is 110 cm³/mol. The van der Waals surface area contributed by atoms with Crippen LogP contribution >= 0.6 is 11.6 Å². The van der Waals surface area contributed by atoms with Crippen LogP contribution in [0.15, 0.2) is 54.6 Å². The van der Waals surface area contributed by atoms with Gasteiger partial charge >= 0.3 is 0 Å². The van der Waals surface area contributed by atoms with Crippen molar-refractivity contribution in [3.8, 4) is 11.1 Å². The molecule has 0 heterocycles. The molecule has 0 nitrogen and oxygen atoms in total. The zero-order chi connectivity index (χ0) is 17.8. The number of hydrogen-bond acceptors (Lipinski definition) is 0. The van der Waals surface area contributed by atoms with E-state index in [9.17, 15) is 0 Å². The highest BCUT2D eigenvalue weighted by atomic mass is 35.5. The molecule has 0 saturated carbocycles. The second-order valence-corrected chi connectivity index (χ2v) is 9.08. The second kappa shape index (κ2) is 5.61. The van der Waals surface area contributed by atoms with Crippen molar-refractivity contribution in [3.63, 3.8) is 0 Å². The molecule has 3 aromatic rings. The second-order valence-electron chi connectivity index (χ2n) is 8.67. The third kappa shape index (κ3) is 2.68. The zero-order valence-corrected chi connectivity index (χ0v) is 16.2. The van der Waals surface area contributed by atoms with Crippen LogP contribution in [0, 0.1) is 0 Å². The van der Waals surface area contributed by atoms with Gasteiger partial charge in [-0.3, -0.25) is 0 Å². The van der Waals surface area contributed by atoms with Crippen molar-refractivity contribution >= 4 is 22.4 Å². The Hall–Kier alpha value is -1.79. The van der Waals surface area contributed by atoms with Gasteiger partial charge < -0.3 is 0 Å². The Morgan fingerprint density at radius 3 is 2.08 bits per heavy atom.